The minimum Gasteiger partial charge on any atom is -0.311 e. The van der Waals surface area contributed by atoms with Crippen molar-refractivity contribution in [3.63, 3.8) is 0 Å². The molecule has 1 aliphatic heterocycles. The van der Waals surface area contributed by atoms with E-state index < -0.39 is 10.1 Å². The minimum absolute atomic E-state index is 0.198. The van der Waals surface area contributed by atoms with Crippen LogP contribution in [0.1, 0.15) is 31.2 Å². The molecule has 2 fully saturated rings. The van der Waals surface area contributed by atoms with Gasteiger partial charge in [-0.05, 0) is 50.8 Å². The normalized spacial score (nSPS) is 30.1. The highest BCUT2D eigenvalue weighted by Gasteiger charge is 2.39. The first-order chi connectivity index (χ1) is 9.56. The molecule has 3 unspecified atom stereocenters. The number of nitrogens with one attached hydrogen (secondary N) is 1. The molecule has 1 aromatic rings. The van der Waals surface area contributed by atoms with Gasteiger partial charge in [-0.15, -0.1) is 0 Å². The quantitative estimate of drug-likeness (QED) is 0.869. The van der Waals surface area contributed by atoms with E-state index in [9.17, 15) is 8.42 Å². The van der Waals surface area contributed by atoms with Crippen molar-refractivity contribution in [1.82, 2.24) is 5.32 Å². The van der Waals surface area contributed by atoms with Gasteiger partial charge in [0.05, 0.1) is 11.0 Å². The van der Waals surface area contributed by atoms with Gasteiger partial charge in [0.15, 0.2) is 0 Å². The Morgan fingerprint density at radius 2 is 1.90 bits per heavy atom. The van der Waals surface area contributed by atoms with Crippen LogP contribution in [0.2, 0.25) is 0 Å². The molecule has 1 saturated heterocycles. The summed E-state index contributed by atoms with van der Waals surface area (Å²) in [5, 5.41) is 3.40. The van der Waals surface area contributed by atoms with Gasteiger partial charge < -0.3 is 5.32 Å². The molecular weight excluding hydrogens is 274 g/mol. The average Bonchev–Trinajstić information content (AvgIpc) is 2.88. The van der Waals surface area contributed by atoms with Crippen LogP contribution in [-0.4, -0.2) is 27.1 Å². The minimum atomic E-state index is -3.66. The Kier molecular flexibility index (Phi) is 3.84. The lowest BCUT2D eigenvalue weighted by molar-refractivity contribution is 0.105. The third-order valence-corrected chi connectivity index (χ3v) is 5.78. The lowest BCUT2D eigenvalue weighted by Gasteiger charge is -2.32. The van der Waals surface area contributed by atoms with Crippen LogP contribution in [0.15, 0.2) is 29.2 Å². The average molecular weight is 295 g/mol. The van der Waals surface area contributed by atoms with Gasteiger partial charge in [0.25, 0.3) is 10.1 Å². The number of hydrogen-bond acceptors (Lipinski definition) is 4. The summed E-state index contributed by atoms with van der Waals surface area (Å²) in [5.74, 6) is 0.571. The summed E-state index contributed by atoms with van der Waals surface area (Å²) in [6, 6.07) is 7.03. The van der Waals surface area contributed by atoms with Crippen molar-refractivity contribution >= 4 is 10.1 Å². The topological polar surface area (TPSA) is 55.4 Å². The summed E-state index contributed by atoms with van der Waals surface area (Å²) in [5.41, 5.74) is 1.04. The standard InChI is InChI=1S/C15H21NO3S/c1-11-5-7-13(8-6-11)20(17,18)19-14-4-2-3-12-9-10-16-15(12)14/h5-8,12,14-16H,2-4,9-10H2,1H3. The molecule has 1 saturated carbocycles. The lowest BCUT2D eigenvalue weighted by Crippen LogP contribution is -2.44. The van der Waals surface area contributed by atoms with Gasteiger partial charge in [-0.3, -0.25) is 4.18 Å². The molecule has 5 heteroatoms. The molecule has 3 rings (SSSR count). The fourth-order valence-corrected chi connectivity index (χ4v) is 4.45. The Hall–Kier alpha value is -0.910. The van der Waals surface area contributed by atoms with Crippen molar-refractivity contribution in [3.8, 4) is 0 Å². The number of hydrogen-bond donors (Lipinski definition) is 1. The van der Waals surface area contributed by atoms with E-state index >= 15 is 0 Å². The highest BCUT2D eigenvalue weighted by Crippen LogP contribution is 2.34. The first-order valence-electron chi connectivity index (χ1n) is 7.29. The van der Waals surface area contributed by atoms with E-state index in [1.54, 1.807) is 24.3 Å². The third kappa shape index (κ3) is 2.75. The Labute approximate surface area is 120 Å². The summed E-state index contributed by atoms with van der Waals surface area (Å²) >= 11 is 0. The van der Waals surface area contributed by atoms with E-state index in [-0.39, 0.29) is 17.0 Å². The second kappa shape index (κ2) is 5.47. The van der Waals surface area contributed by atoms with Crippen molar-refractivity contribution in [2.75, 3.05) is 6.54 Å². The zero-order valence-corrected chi connectivity index (χ0v) is 12.5. The van der Waals surface area contributed by atoms with Gasteiger partial charge >= 0.3 is 0 Å². The molecule has 0 radical (unpaired) electrons. The summed E-state index contributed by atoms with van der Waals surface area (Å²) in [4.78, 5) is 0.253. The molecule has 0 bridgehead atoms. The first-order valence-corrected chi connectivity index (χ1v) is 8.70. The van der Waals surface area contributed by atoms with Crippen LogP contribution in [0.4, 0.5) is 0 Å². The Morgan fingerprint density at radius 3 is 2.65 bits per heavy atom. The van der Waals surface area contributed by atoms with Gasteiger partial charge in [-0.1, -0.05) is 24.1 Å². The third-order valence-electron chi connectivity index (χ3n) is 4.43. The molecule has 2 aliphatic rings. The summed E-state index contributed by atoms with van der Waals surface area (Å²) < 4.78 is 30.2. The second-order valence-corrected chi connectivity index (χ2v) is 7.43. The summed E-state index contributed by atoms with van der Waals surface area (Å²) in [6.45, 7) is 2.91. The van der Waals surface area contributed by atoms with Crippen molar-refractivity contribution in [1.29, 1.82) is 0 Å². The van der Waals surface area contributed by atoms with Crippen LogP contribution in [0.5, 0.6) is 0 Å². The molecule has 1 aliphatic carbocycles. The molecule has 110 valence electrons. The predicted molar refractivity (Wildman–Crippen MR) is 77.0 cm³/mol. The Bertz CT molecular complexity index is 567. The van der Waals surface area contributed by atoms with Crippen LogP contribution < -0.4 is 5.32 Å². The van der Waals surface area contributed by atoms with Crippen LogP contribution in [0, 0.1) is 12.8 Å². The monoisotopic (exact) mass is 295 g/mol. The van der Waals surface area contributed by atoms with Gasteiger partial charge in [-0.25, -0.2) is 0 Å². The van der Waals surface area contributed by atoms with Crippen molar-refractivity contribution in [3.05, 3.63) is 29.8 Å². The van der Waals surface area contributed by atoms with E-state index in [0.29, 0.717) is 5.92 Å². The van der Waals surface area contributed by atoms with Crippen LogP contribution in [0.25, 0.3) is 0 Å². The fraction of sp³-hybridized carbons (Fsp3) is 0.600. The molecule has 0 aromatic heterocycles. The maximum absolute atomic E-state index is 12.4. The molecule has 4 nitrogen and oxygen atoms in total. The zero-order valence-electron chi connectivity index (χ0n) is 11.7. The Balaban J connectivity index is 1.77. The zero-order chi connectivity index (χ0) is 14.2. The smallest absolute Gasteiger partial charge is 0.297 e. The Morgan fingerprint density at radius 1 is 1.15 bits per heavy atom. The summed E-state index contributed by atoms with van der Waals surface area (Å²) in [7, 11) is -3.66. The van der Waals surface area contributed by atoms with Gasteiger partial charge in [0.1, 0.15) is 0 Å². The predicted octanol–water partition coefficient (Wildman–Crippen LogP) is 2.23. The maximum Gasteiger partial charge on any atom is 0.297 e. The molecule has 1 aromatic carbocycles. The molecule has 3 atom stereocenters. The molecule has 0 spiro atoms. The first kappa shape index (κ1) is 14.0. The molecule has 1 heterocycles. The van der Waals surface area contributed by atoms with E-state index in [1.165, 1.54) is 6.42 Å². The fourth-order valence-electron chi connectivity index (χ4n) is 3.33. The number of fused-ring (bicyclic) bond motifs is 1. The van der Waals surface area contributed by atoms with Crippen LogP contribution in [0.3, 0.4) is 0 Å². The summed E-state index contributed by atoms with van der Waals surface area (Å²) in [6.07, 6.45) is 3.97. The highest BCUT2D eigenvalue weighted by atomic mass is 32.2. The van der Waals surface area contributed by atoms with E-state index in [1.807, 2.05) is 6.92 Å². The second-order valence-electron chi connectivity index (χ2n) is 5.86. The van der Waals surface area contributed by atoms with E-state index in [4.69, 9.17) is 4.18 Å². The molecular formula is C15H21NO3S. The number of benzene rings is 1. The molecule has 1 N–H and O–H groups in total. The van der Waals surface area contributed by atoms with Gasteiger partial charge in [0, 0.05) is 6.04 Å². The molecule has 0 amide bonds. The van der Waals surface area contributed by atoms with Crippen molar-refractivity contribution in [2.24, 2.45) is 5.92 Å². The number of rotatable bonds is 3. The molecule has 20 heavy (non-hydrogen) atoms. The highest BCUT2D eigenvalue weighted by molar-refractivity contribution is 7.86. The largest absolute Gasteiger partial charge is 0.311 e. The maximum atomic E-state index is 12.4. The van der Waals surface area contributed by atoms with Crippen LogP contribution in [-0.2, 0) is 14.3 Å². The van der Waals surface area contributed by atoms with Crippen LogP contribution >= 0.6 is 0 Å². The van der Waals surface area contributed by atoms with Gasteiger partial charge in [0.2, 0.25) is 0 Å². The number of aryl methyl sites for hydroxylation is 1. The van der Waals surface area contributed by atoms with Crippen molar-refractivity contribution < 1.29 is 12.6 Å². The van der Waals surface area contributed by atoms with Gasteiger partial charge in [-0.2, -0.15) is 8.42 Å². The van der Waals surface area contributed by atoms with E-state index in [0.717, 1.165) is 31.4 Å². The van der Waals surface area contributed by atoms with Crippen molar-refractivity contribution in [2.45, 2.75) is 49.6 Å². The lowest BCUT2D eigenvalue weighted by atomic mass is 9.83. The van der Waals surface area contributed by atoms with E-state index in [2.05, 4.69) is 5.32 Å². The SMILES string of the molecule is Cc1ccc(S(=O)(=O)OC2CCCC3CCNC32)cc1.